The maximum Gasteiger partial charge on any atom is 0.316 e. The van der Waals surface area contributed by atoms with Crippen LogP contribution in [0.2, 0.25) is 0 Å². The zero-order chi connectivity index (χ0) is 15.8. The van der Waals surface area contributed by atoms with Gasteiger partial charge in [0, 0.05) is 38.6 Å². The topological polar surface area (TPSA) is 88.5 Å². The van der Waals surface area contributed by atoms with Gasteiger partial charge in [-0.15, -0.1) is 0 Å². The summed E-state index contributed by atoms with van der Waals surface area (Å²) in [5, 5.41) is 3.91. The largest absolute Gasteiger partial charge is 0.448 e. The molecule has 0 spiro atoms. The molecule has 0 radical (unpaired) electrons. The van der Waals surface area contributed by atoms with Gasteiger partial charge >= 0.3 is 11.8 Å². The van der Waals surface area contributed by atoms with Gasteiger partial charge in [0.1, 0.15) is 5.76 Å². The summed E-state index contributed by atoms with van der Waals surface area (Å²) < 4.78 is 10.3. The highest BCUT2D eigenvalue weighted by Crippen LogP contribution is 2.38. The molecule has 1 amide bonds. The lowest BCUT2D eigenvalue weighted by Gasteiger charge is -2.33. The Morgan fingerprint density at radius 2 is 2.09 bits per heavy atom. The number of rotatable bonds is 4. The number of aromatic nitrogens is 3. The van der Waals surface area contributed by atoms with Gasteiger partial charge in [0.05, 0.1) is 5.69 Å². The number of amides is 1. The second kappa shape index (κ2) is 5.77. The summed E-state index contributed by atoms with van der Waals surface area (Å²) in [6, 6.07) is 0. The fourth-order valence-electron chi connectivity index (χ4n) is 2.77. The van der Waals surface area contributed by atoms with E-state index in [2.05, 4.69) is 20.0 Å². The molecule has 1 saturated carbocycles. The Bertz CT molecular complexity index is 698. The number of carbonyl (C=O) groups is 1. The smallest absolute Gasteiger partial charge is 0.316 e. The molecule has 0 bridgehead atoms. The molecule has 0 unspecified atom stereocenters. The van der Waals surface area contributed by atoms with Gasteiger partial charge in [-0.1, -0.05) is 5.16 Å². The van der Waals surface area contributed by atoms with Crippen LogP contribution in [0.3, 0.4) is 0 Å². The number of piperazine rings is 1. The average Bonchev–Trinajstić information content (AvgIpc) is 3.17. The highest BCUT2D eigenvalue weighted by atomic mass is 16.5. The lowest BCUT2D eigenvalue weighted by atomic mass is 10.2. The zero-order valence-electron chi connectivity index (χ0n) is 13.1. The van der Waals surface area contributed by atoms with Crippen LogP contribution in [0.4, 0.5) is 0 Å². The summed E-state index contributed by atoms with van der Waals surface area (Å²) in [6.07, 6.45) is 3.65. The quantitative estimate of drug-likeness (QED) is 0.837. The van der Waals surface area contributed by atoms with Gasteiger partial charge in [-0.05, 0) is 19.8 Å². The lowest BCUT2D eigenvalue weighted by molar-refractivity contribution is 0.0579. The van der Waals surface area contributed by atoms with Gasteiger partial charge in [-0.3, -0.25) is 9.69 Å². The predicted octanol–water partition coefficient (Wildman–Crippen LogP) is 1.20. The van der Waals surface area contributed by atoms with E-state index in [1.165, 1.54) is 6.39 Å². The van der Waals surface area contributed by atoms with Gasteiger partial charge in [0.2, 0.25) is 0 Å². The Morgan fingerprint density at radius 3 is 2.74 bits per heavy atom. The van der Waals surface area contributed by atoms with Crippen molar-refractivity contribution in [1.82, 2.24) is 24.9 Å². The second-order valence-corrected chi connectivity index (χ2v) is 6.16. The molecule has 8 heteroatoms. The molecule has 8 nitrogen and oxygen atoms in total. The maximum absolute atomic E-state index is 12.4. The van der Waals surface area contributed by atoms with Crippen molar-refractivity contribution in [2.24, 2.45) is 0 Å². The summed E-state index contributed by atoms with van der Waals surface area (Å²) in [6.45, 7) is 5.54. The summed E-state index contributed by atoms with van der Waals surface area (Å²) in [5.74, 6) is 1.87. The Balaban J connectivity index is 1.33. The van der Waals surface area contributed by atoms with E-state index in [4.69, 9.17) is 8.94 Å². The molecule has 2 fully saturated rings. The summed E-state index contributed by atoms with van der Waals surface area (Å²) >= 11 is 0. The van der Waals surface area contributed by atoms with Crippen molar-refractivity contribution in [3.8, 4) is 0 Å². The van der Waals surface area contributed by atoms with Crippen LogP contribution in [0.1, 0.15) is 46.7 Å². The van der Waals surface area contributed by atoms with E-state index >= 15 is 0 Å². The van der Waals surface area contributed by atoms with Crippen molar-refractivity contribution < 1.29 is 13.7 Å². The SMILES string of the molecule is Cc1ocnc1CN1CCN(C(=O)c2nc(C3CC3)no2)CC1. The fourth-order valence-corrected chi connectivity index (χ4v) is 2.77. The number of carbonyl (C=O) groups excluding carboxylic acids is 1. The maximum atomic E-state index is 12.4. The Kier molecular flexibility index (Phi) is 3.60. The molecular weight excluding hydrogens is 298 g/mol. The van der Waals surface area contributed by atoms with Crippen molar-refractivity contribution in [2.45, 2.75) is 32.2 Å². The average molecular weight is 317 g/mol. The zero-order valence-corrected chi connectivity index (χ0v) is 13.1. The van der Waals surface area contributed by atoms with E-state index in [0.29, 0.717) is 24.8 Å². The standard InChI is InChI=1S/C15H19N5O3/c1-10-12(16-9-22-10)8-19-4-6-20(7-5-19)15(21)14-17-13(18-23-14)11-2-3-11/h9,11H,2-8H2,1H3. The van der Waals surface area contributed by atoms with Crippen molar-refractivity contribution in [1.29, 1.82) is 0 Å². The molecule has 3 heterocycles. The van der Waals surface area contributed by atoms with E-state index in [1.807, 2.05) is 6.92 Å². The molecule has 1 aliphatic heterocycles. The molecule has 122 valence electrons. The Hall–Kier alpha value is -2.22. The van der Waals surface area contributed by atoms with Crippen LogP contribution in [0.5, 0.6) is 0 Å². The second-order valence-electron chi connectivity index (χ2n) is 6.16. The van der Waals surface area contributed by atoms with E-state index in [9.17, 15) is 4.79 Å². The van der Waals surface area contributed by atoms with Crippen LogP contribution in [0.15, 0.2) is 15.3 Å². The van der Waals surface area contributed by atoms with Crippen molar-refractivity contribution in [3.05, 3.63) is 29.6 Å². The molecule has 4 rings (SSSR count). The van der Waals surface area contributed by atoms with Crippen LogP contribution in [-0.4, -0.2) is 57.0 Å². The van der Waals surface area contributed by atoms with Crippen LogP contribution in [0, 0.1) is 6.92 Å². The third-order valence-electron chi connectivity index (χ3n) is 4.44. The predicted molar refractivity (Wildman–Crippen MR) is 78.7 cm³/mol. The van der Waals surface area contributed by atoms with Crippen LogP contribution in [0.25, 0.3) is 0 Å². The Labute approximate surface area is 133 Å². The fraction of sp³-hybridized carbons (Fsp3) is 0.600. The van der Waals surface area contributed by atoms with Gasteiger partial charge in [0.15, 0.2) is 12.2 Å². The molecule has 1 saturated heterocycles. The van der Waals surface area contributed by atoms with E-state index in [0.717, 1.165) is 43.9 Å². The first-order chi connectivity index (χ1) is 11.2. The number of nitrogens with zero attached hydrogens (tertiary/aromatic N) is 5. The van der Waals surface area contributed by atoms with Gasteiger partial charge < -0.3 is 13.8 Å². The van der Waals surface area contributed by atoms with Crippen LogP contribution >= 0.6 is 0 Å². The van der Waals surface area contributed by atoms with Gasteiger partial charge in [-0.2, -0.15) is 4.98 Å². The monoisotopic (exact) mass is 317 g/mol. The van der Waals surface area contributed by atoms with Crippen LogP contribution < -0.4 is 0 Å². The molecule has 0 N–H and O–H groups in total. The highest BCUT2D eigenvalue weighted by molar-refractivity contribution is 5.89. The number of oxazole rings is 1. The summed E-state index contributed by atoms with van der Waals surface area (Å²) in [7, 11) is 0. The van der Waals surface area contributed by atoms with E-state index in [1.54, 1.807) is 4.90 Å². The van der Waals surface area contributed by atoms with Crippen molar-refractivity contribution >= 4 is 5.91 Å². The lowest BCUT2D eigenvalue weighted by Crippen LogP contribution is -2.48. The van der Waals surface area contributed by atoms with Gasteiger partial charge in [-0.25, -0.2) is 4.98 Å². The molecule has 1 aliphatic carbocycles. The molecular formula is C15H19N5O3. The first-order valence-electron chi connectivity index (χ1n) is 7.95. The van der Waals surface area contributed by atoms with Crippen molar-refractivity contribution in [2.75, 3.05) is 26.2 Å². The minimum absolute atomic E-state index is 0.118. The molecule has 0 aromatic carbocycles. The third-order valence-corrected chi connectivity index (χ3v) is 4.44. The first-order valence-corrected chi connectivity index (χ1v) is 7.95. The molecule has 23 heavy (non-hydrogen) atoms. The van der Waals surface area contributed by atoms with Crippen LogP contribution in [-0.2, 0) is 6.54 Å². The third kappa shape index (κ3) is 2.98. The molecule has 0 atom stereocenters. The summed E-state index contributed by atoms with van der Waals surface area (Å²) in [5.41, 5.74) is 0.954. The molecule has 2 aromatic heterocycles. The first kappa shape index (κ1) is 14.4. The van der Waals surface area contributed by atoms with E-state index < -0.39 is 0 Å². The molecule has 2 aliphatic rings. The summed E-state index contributed by atoms with van der Waals surface area (Å²) in [4.78, 5) is 24.9. The number of hydrogen-bond donors (Lipinski definition) is 0. The number of aryl methyl sites for hydroxylation is 1. The van der Waals surface area contributed by atoms with Crippen molar-refractivity contribution in [3.63, 3.8) is 0 Å². The van der Waals surface area contributed by atoms with Gasteiger partial charge in [0.25, 0.3) is 0 Å². The molecule has 2 aromatic rings. The Morgan fingerprint density at radius 1 is 1.30 bits per heavy atom. The number of hydrogen-bond acceptors (Lipinski definition) is 7. The van der Waals surface area contributed by atoms with E-state index in [-0.39, 0.29) is 11.8 Å². The minimum Gasteiger partial charge on any atom is -0.448 e. The highest BCUT2D eigenvalue weighted by Gasteiger charge is 2.32. The minimum atomic E-state index is -0.165. The normalized spacial score (nSPS) is 19.3.